The number of fused-ring (bicyclic) bond motifs is 1. The summed E-state index contributed by atoms with van der Waals surface area (Å²) >= 11 is 0. The van der Waals surface area contributed by atoms with Gasteiger partial charge in [-0.1, -0.05) is 6.07 Å². The molecule has 1 amide bonds. The number of alkyl halides is 3. The van der Waals surface area contributed by atoms with Crippen molar-refractivity contribution in [3.05, 3.63) is 64.4 Å². The number of aromatic nitrogens is 3. The molecule has 3 aromatic rings. The summed E-state index contributed by atoms with van der Waals surface area (Å²) in [6.07, 6.45) is 0.845. The number of rotatable bonds is 4. The Hall–Kier alpha value is -3.05. The summed E-state index contributed by atoms with van der Waals surface area (Å²) in [6.45, 7) is 2.78. The van der Waals surface area contributed by atoms with Crippen molar-refractivity contribution in [3.8, 4) is 0 Å². The molecule has 7 nitrogen and oxygen atoms in total. The highest BCUT2D eigenvalue weighted by Gasteiger charge is 2.54. The van der Waals surface area contributed by atoms with E-state index >= 15 is 4.39 Å². The molecule has 0 bridgehead atoms. The zero-order valence-corrected chi connectivity index (χ0v) is 19.1. The van der Waals surface area contributed by atoms with Gasteiger partial charge >= 0.3 is 6.18 Å². The molecule has 1 saturated carbocycles. The van der Waals surface area contributed by atoms with Crippen molar-refractivity contribution >= 4 is 11.6 Å². The Kier molecular flexibility index (Phi) is 5.41. The van der Waals surface area contributed by atoms with E-state index < -0.39 is 34.6 Å². The van der Waals surface area contributed by atoms with Gasteiger partial charge in [0.2, 0.25) is 0 Å². The smallest absolute Gasteiger partial charge is 0.385 e. The molecule has 3 heterocycles. The van der Waals surface area contributed by atoms with Crippen LogP contribution in [0.15, 0.2) is 30.6 Å². The molecule has 11 heteroatoms. The fraction of sp³-hybridized carbons (Fsp3) is 0.458. The molecule has 35 heavy (non-hydrogen) atoms. The van der Waals surface area contributed by atoms with E-state index in [1.807, 2.05) is 6.20 Å². The molecule has 2 atom stereocenters. The van der Waals surface area contributed by atoms with E-state index in [9.17, 15) is 23.1 Å². The monoisotopic (exact) mass is 492 g/mol. The van der Waals surface area contributed by atoms with Gasteiger partial charge in [0.25, 0.3) is 5.91 Å². The van der Waals surface area contributed by atoms with Crippen LogP contribution in [0.1, 0.15) is 64.8 Å². The molecule has 0 unspecified atom stereocenters. The van der Waals surface area contributed by atoms with Gasteiger partial charge in [0.05, 0.1) is 17.9 Å². The lowest BCUT2D eigenvalue weighted by atomic mass is 9.71. The summed E-state index contributed by atoms with van der Waals surface area (Å²) in [5.41, 5.74) is -3.19. The van der Waals surface area contributed by atoms with Crippen LogP contribution in [0.3, 0.4) is 0 Å². The number of amides is 1. The number of ether oxygens (including phenoxy) is 1. The Labute approximate surface area is 198 Å². The zero-order valence-electron chi connectivity index (χ0n) is 19.1. The third-order valence-corrected chi connectivity index (χ3v) is 6.95. The van der Waals surface area contributed by atoms with Gasteiger partial charge in [0.15, 0.2) is 5.65 Å². The fourth-order valence-corrected chi connectivity index (χ4v) is 4.82. The fourth-order valence-electron chi connectivity index (χ4n) is 4.82. The first-order chi connectivity index (χ1) is 16.4. The number of carbonyl (C=O) groups excluding carboxylic acids is 1. The number of aliphatic hydroxyl groups is 1. The molecule has 2 fully saturated rings. The molecular formula is C24H24F4N4O3. The number of benzene rings is 1. The lowest BCUT2D eigenvalue weighted by Gasteiger charge is -2.49. The van der Waals surface area contributed by atoms with Crippen LogP contribution >= 0.6 is 0 Å². The first-order valence-corrected chi connectivity index (χ1v) is 11.3. The summed E-state index contributed by atoms with van der Waals surface area (Å²) in [5, 5.41) is 18.4. The number of aryl methyl sites for hydroxylation is 1. The van der Waals surface area contributed by atoms with E-state index in [2.05, 4.69) is 15.4 Å². The second-order valence-electron chi connectivity index (χ2n) is 9.52. The number of nitrogens with one attached hydrogen (secondary N) is 1. The minimum absolute atomic E-state index is 0.0492. The maximum Gasteiger partial charge on any atom is 0.416 e. The first kappa shape index (κ1) is 23.7. The summed E-state index contributed by atoms with van der Waals surface area (Å²) in [7, 11) is 0. The largest absolute Gasteiger partial charge is 0.416 e. The lowest BCUT2D eigenvalue weighted by Crippen LogP contribution is -2.65. The summed E-state index contributed by atoms with van der Waals surface area (Å²) in [4.78, 5) is 18.0. The van der Waals surface area contributed by atoms with Crippen LogP contribution in [0.2, 0.25) is 0 Å². The number of carbonyl (C=O) groups is 1. The van der Waals surface area contributed by atoms with Gasteiger partial charge < -0.3 is 15.2 Å². The van der Waals surface area contributed by atoms with Gasteiger partial charge in [-0.15, -0.1) is 0 Å². The predicted molar refractivity (Wildman–Crippen MR) is 116 cm³/mol. The van der Waals surface area contributed by atoms with Crippen LogP contribution in [0.25, 0.3) is 5.65 Å². The molecule has 1 saturated heterocycles. The van der Waals surface area contributed by atoms with E-state index in [1.54, 1.807) is 13.1 Å². The van der Waals surface area contributed by atoms with E-state index in [-0.39, 0.29) is 30.8 Å². The molecule has 1 aliphatic heterocycles. The molecule has 2 aromatic heterocycles. The van der Waals surface area contributed by atoms with Crippen molar-refractivity contribution in [1.29, 1.82) is 0 Å². The Bertz CT molecular complexity index is 1320. The zero-order chi connectivity index (χ0) is 25.2. The normalized spacial score (nSPS) is 25.1. The van der Waals surface area contributed by atoms with Gasteiger partial charge in [-0.25, -0.2) is 13.9 Å². The maximum absolute atomic E-state index is 15.2. The van der Waals surface area contributed by atoms with E-state index in [4.69, 9.17) is 4.74 Å². The van der Waals surface area contributed by atoms with Crippen molar-refractivity contribution in [2.75, 3.05) is 13.2 Å². The summed E-state index contributed by atoms with van der Waals surface area (Å²) < 4.78 is 61.5. The van der Waals surface area contributed by atoms with Crippen molar-refractivity contribution in [2.45, 2.75) is 56.3 Å². The molecule has 1 aliphatic carbocycles. The molecule has 2 N–H and O–H groups in total. The summed E-state index contributed by atoms with van der Waals surface area (Å²) in [5.74, 6) is -1.44. The highest BCUT2D eigenvalue weighted by Crippen LogP contribution is 2.43. The van der Waals surface area contributed by atoms with Crippen LogP contribution in [-0.4, -0.2) is 44.4 Å². The molecule has 1 aromatic carbocycles. The van der Waals surface area contributed by atoms with E-state index in [1.165, 1.54) is 11.4 Å². The van der Waals surface area contributed by atoms with Crippen LogP contribution in [0.4, 0.5) is 17.6 Å². The van der Waals surface area contributed by atoms with E-state index in [0.717, 1.165) is 30.5 Å². The molecular weight excluding hydrogens is 468 g/mol. The number of hydrogen-bond donors (Lipinski definition) is 2. The highest BCUT2D eigenvalue weighted by molar-refractivity contribution is 6.01. The van der Waals surface area contributed by atoms with Crippen molar-refractivity contribution in [2.24, 2.45) is 0 Å². The Morgan fingerprint density at radius 2 is 2.06 bits per heavy atom. The van der Waals surface area contributed by atoms with Gasteiger partial charge in [0.1, 0.15) is 22.5 Å². The van der Waals surface area contributed by atoms with Crippen molar-refractivity contribution < 1.29 is 32.2 Å². The molecule has 186 valence electrons. The lowest BCUT2D eigenvalue weighted by molar-refractivity contribution is -0.140. The van der Waals surface area contributed by atoms with Gasteiger partial charge in [0, 0.05) is 31.0 Å². The van der Waals surface area contributed by atoms with Gasteiger partial charge in [-0.2, -0.15) is 18.3 Å². The average Bonchev–Trinajstić information content (AvgIpc) is 3.56. The average molecular weight is 492 g/mol. The third kappa shape index (κ3) is 3.96. The highest BCUT2D eigenvalue weighted by atomic mass is 19.4. The second-order valence-corrected chi connectivity index (χ2v) is 9.52. The third-order valence-electron chi connectivity index (χ3n) is 6.95. The number of nitrogens with zero attached hydrogens (tertiary/aromatic N) is 3. The van der Waals surface area contributed by atoms with Crippen LogP contribution in [-0.2, 0) is 16.5 Å². The number of hydrogen-bond acceptors (Lipinski definition) is 5. The minimum atomic E-state index is -4.74. The van der Waals surface area contributed by atoms with Crippen molar-refractivity contribution in [3.63, 3.8) is 0 Å². The van der Waals surface area contributed by atoms with Crippen LogP contribution in [0.5, 0.6) is 0 Å². The Morgan fingerprint density at radius 1 is 1.31 bits per heavy atom. The topological polar surface area (TPSA) is 88.8 Å². The van der Waals surface area contributed by atoms with Gasteiger partial charge in [-0.05, 0) is 50.3 Å². The molecule has 0 radical (unpaired) electrons. The molecule has 5 rings (SSSR count). The number of halogens is 4. The van der Waals surface area contributed by atoms with Crippen molar-refractivity contribution in [1.82, 2.24) is 19.9 Å². The first-order valence-electron chi connectivity index (χ1n) is 11.3. The predicted octanol–water partition coefficient (Wildman–Crippen LogP) is 3.87. The molecule has 2 aliphatic rings. The Balaban J connectivity index is 1.58. The maximum atomic E-state index is 15.2. The SMILES string of the molecule is Cc1nn2cc(C3CC3)cnc2c1C(=O)N[C@@]1(c2ccc(C(F)(F)F)cc2F)CCOC[C@]1(C)O. The Morgan fingerprint density at radius 3 is 2.69 bits per heavy atom. The molecule has 0 spiro atoms. The second kappa shape index (κ2) is 7.99. The standard InChI is InChI=1S/C24H24F4N4O3/c1-13-19(20-29-10-15(14-3-4-14)11-32(20)31-13)21(33)30-23(7-8-35-12-22(23,2)34)17-6-5-16(9-18(17)25)24(26,27)28/h5-6,9-11,14,34H,3-4,7-8,12H2,1-2H3,(H,30,33)/t22-,23+/m0/s1. The van der Waals surface area contributed by atoms with Crippen LogP contribution in [0, 0.1) is 12.7 Å². The van der Waals surface area contributed by atoms with Gasteiger partial charge in [-0.3, -0.25) is 4.79 Å². The van der Waals surface area contributed by atoms with Crippen LogP contribution < -0.4 is 5.32 Å². The quantitative estimate of drug-likeness (QED) is 0.540. The summed E-state index contributed by atoms with van der Waals surface area (Å²) in [6, 6.07) is 2.07. The minimum Gasteiger partial charge on any atom is -0.385 e. The van der Waals surface area contributed by atoms with E-state index in [0.29, 0.717) is 23.3 Å².